The number of aliphatic hydroxyl groups excluding tert-OH is 1. The minimum Gasteiger partial charge on any atom is -0.395 e. The molecule has 0 unspecified atom stereocenters. The molecule has 1 radical (unpaired) electrons. The van der Waals surface area contributed by atoms with Gasteiger partial charge in [-0.1, -0.05) is 12.1 Å². The third kappa shape index (κ3) is 2.73. The van der Waals surface area contributed by atoms with Crippen LogP contribution in [0, 0.1) is 6.07 Å². The minimum atomic E-state index is -0.0770. The largest absolute Gasteiger partial charge is 0.395 e. The first-order chi connectivity index (χ1) is 8.31. The van der Waals surface area contributed by atoms with E-state index in [1.807, 2.05) is 12.1 Å². The van der Waals surface area contributed by atoms with Gasteiger partial charge in [-0.2, -0.15) is 0 Å². The van der Waals surface area contributed by atoms with Crippen molar-refractivity contribution in [1.29, 1.82) is 0 Å². The maximum absolute atomic E-state index is 11.6. The first kappa shape index (κ1) is 11.4. The molecular weight excluding hydrogens is 216 g/mol. The summed E-state index contributed by atoms with van der Waals surface area (Å²) < 4.78 is 1.55. The third-order valence-electron chi connectivity index (χ3n) is 2.31. The van der Waals surface area contributed by atoms with Crippen molar-refractivity contribution >= 4 is 5.69 Å². The zero-order valence-corrected chi connectivity index (χ0v) is 9.26. The number of rotatable bonds is 4. The normalized spacial score (nSPS) is 10.2. The zero-order chi connectivity index (χ0) is 12.1. The Morgan fingerprint density at radius 3 is 3.00 bits per heavy atom. The molecule has 0 aliphatic carbocycles. The van der Waals surface area contributed by atoms with Crippen LogP contribution in [0.25, 0.3) is 5.69 Å². The Labute approximate surface area is 99.2 Å². The fraction of sp³-hybridized carbons (Fsp3) is 0.154. The van der Waals surface area contributed by atoms with Crippen LogP contribution in [0.4, 0.5) is 5.69 Å². The number of nitrogens with one attached hydrogen (secondary N) is 1. The fourth-order valence-corrected chi connectivity index (χ4v) is 1.54. The lowest BCUT2D eigenvalue weighted by Gasteiger charge is -2.08. The van der Waals surface area contributed by atoms with E-state index in [4.69, 9.17) is 5.11 Å². The molecule has 0 spiro atoms. The average molecular weight is 229 g/mol. The van der Waals surface area contributed by atoms with Crippen molar-refractivity contribution in [3.05, 3.63) is 59.0 Å². The van der Waals surface area contributed by atoms with E-state index in [1.165, 1.54) is 6.07 Å². The monoisotopic (exact) mass is 229 g/mol. The van der Waals surface area contributed by atoms with Gasteiger partial charge in [-0.05, 0) is 18.2 Å². The third-order valence-corrected chi connectivity index (χ3v) is 2.31. The summed E-state index contributed by atoms with van der Waals surface area (Å²) in [5.74, 6) is 0. The molecule has 0 bridgehead atoms. The molecule has 4 heteroatoms. The molecule has 0 saturated carbocycles. The summed E-state index contributed by atoms with van der Waals surface area (Å²) in [6.45, 7) is 0.521. The molecule has 0 amide bonds. The Morgan fingerprint density at radius 2 is 2.24 bits per heavy atom. The molecule has 1 aromatic heterocycles. The second-order valence-electron chi connectivity index (χ2n) is 3.52. The van der Waals surface area contributed by atoms with Crippen molar-refractivity contribution in [2.45, 2.75) is 0 Å². The molecule has 4 nitrogen and oxygen atoms in total. The predicted molar refractivity (Wildman–Crippen MR) is 66.5 cm³/mol. The van der Waals surface area contributed by atoms with Crippen molar-refractivity contribution in [3.63, 3.8) is 0 Å². The second-order valence-corrected chi connectivity index (χ2v) is 3.52. The van der Waals surface area contributed by atoms with E-state index in [-0.39, 0.29) is 12.2 Å². The summed E-state index contributed by atoms with van der Waals surface area (Å²) in [5, 5.41) is 11.7. The van der Waals surface area contributed by atoms with Gasteiger partial charge in [0.05, 0.1) is 12.3 Å². The molecule has 0 atom stereocenters. The van der Waals surface area contributed by atoms with Gasteiger partial charge in [0.1, 0.15) is 0 Å². The zero-order valence-electron chi connectivity index (χ0n) is 9.26. The summed E-state index contributed by atoms with van der Waals surface area (Å²) in [4.78, 5) is 11.6. The maximum atomic E-state index is 11.6. The van der Waals surface area contributed by atoms with Gasteiger partial charge >= 0.3 is 0 Å². The van der Waals surface area contributed by atoms with Crippen molar-refractivity contribution in [2.24, 2.45) is 0 Å². The van der Waals surface area contributed by atoms with Crippen LogP contribution < -0.4 is 10.9 Å². The molecule has 2 N–H and O–H groups in total. The Hall–Kier alpha value is -2.07. The Kier molecular flexibility index (Phi) is 3.57. The van der Waals surface area contributed by atoms with Crippen molar-refractivity contribution in [3.8, 4) is 5.69 Å². The van der Waals surface area contributed by atoms with E-state index in [0.717, 1.165) is 11.4 Å². The highest BCUT2D eigenvalue weighted by molar-refractivity contribution is 5.50. The first-order valence-corrected chi connectivity index (χ1v) is 5.36. The molecule has 17 heavy (non-hydrogen) atoms. The summed E-state index contributed by atoms with van der Waals surface area (Å²) in [5.41, 5.74) is 1.45. The summed E-state index contributed by atoms with van der Waals surface area (Å²) >= 11 is 0. The summed E-state index contributed by atoms with van der Waals surface area (Å²) in [6, 6.07) is 13.4. The molecule has 2 aromatic rings. The second kappa shape index (κ2) is 5.32. The van der Waals surface area contributed by atoms with Crippen LogP contribution in [-0.2, 0) is 0 Å². The quantitative estimate of drug-likeness (QED) is 0.823. The van der Waals surface area contributed by atoms with Gasteiger partial charge in [0.25, 0.3) is 5.56 Å². The molecule has 0 saturated heterocycles. The fourth-order valence-electron chi connectivity index (χ4n) is 1.54. The van der Waals surface area contributed by atoms with Gasteiger partial charge in [-0.25, -0.2) is 0 Å². The molecule has 1 aromatic carbocycles. The molecular formula is C13H13N2O2. The SMILES string of the molecule is O=c1ccccn1-c1cc[c]c(NCCO)c1. The standard InChI is InChI=1S/C13H13N2O2/c16-9-7-14-11-4-3-5-12(10-11)15-8-2-1-6-13(15)17/h1-3,5-6,8,10,14,16H,7,9H2. The lowest BCUT2D eigenvalue weighted by molar-refractivity contribution is 0.311. The van der Waals surface area contributed by atoms with Gasteiger partial charge in [-0.15, -0.1) is 0 Å². The van der Waals surface area contributed by atoms with Crippen LogP contribution in [0.3, 0.4) is 0 Å². The number of benzene rings is 1. The highest BCUT2D eigenvalue weighted by Gasteiger charge is 1.99. The van der Waals surface area contributed by atoms with E-state index in [2.05, 4.69) is 11.4 Å². The molecule has 2 rings (SSSR count). The molecule has 0 fully saturated rings. The van der Waals surface area contributed by atoms with E-state index in [9.17, 15) is 4.79 Å². The highest BCUT2D eigenvalue weighted by atomic mass is 16.3. The number of hydrogen-bond acceptors (Lipinski definition) is 3. The van der Waals surface area contributed by atoms with Crippen LogP contribution in [0.5, 0.6) is 0 Å². The number of hydrogen-bond donors (Lipinski definition) is 2. The number of aliphatic hydroxyl groups is 1. The molecule has 0 aliphatic heterocycles. The Morgan fingerprint density at radius 1 is 1.35 bits per heavy atom. The lowest BCUT2D eigenvalue weighted by Crippen LogP contribution is -2.15. The minimum absolute atomic E-state index is 0.0589. The number of aromatic nitrogens is 1. The van der Waals surface area contributed by atoms with Crippen LogP contribution >= 0.6 is 0 Å². The summed E-state index contributed by atoms with van der Waals surface area (Å²) in [6.07, 6.45) is 1.72. The van der Waals surface area contributed by atoms with Gasteiger partial charge in [0.2, 0.25) is 0 Å². The smallest absolute Gasteiger partial charge is 0.255 e. The summed E-state index contributed by atoms with van der Waals surface area (Å²) in [7, 11) is 0. The van der Waals surface area contributed by atoms with Gasteiger partial charge < -0.3 is 10.4 Å². The lowest BCUT2D eigenvalue weighted by atomic mass is 10.2. The van der Waals surface area contributed by atoms with E-state index in [0.29, 0.717) is 6.54 Å². The van der Waals surface area contributed by atoms with Crippen molar-refractivity contribution in [1.82, 2.24) is 4.57 Å². The van der Waals surface area contributed by atoms with Crippen molar-refractivity contribution < 1.29 is 5.11 Å². The topological polar surface area (TPSA) is 54.3 Å². The van der Waals surface area contributed by atoms with E-state index < -0.39 is 0 Å². The van der Waals surface area contributed by atoms with Gasteiger partial charge in [0.15, 0.2) is 0 Å². The van der Waals surface area contributed by atoms with Crippen LogP contribution in [-0.4, -0.2) is 22.8 Å². The highest BCUT2D eigenvalue weighted by Crippen LogP contribution is 2.12. The Bertz CT molecular complexity index is 549. The number of pyridine rings is 1. The van der Waals surface area contributed by atoms with Gasteiger partial charge in [-0.3, -0.25) is 9.36 Å². The molecule has 0 aliphatic rings. The Balaban J connectivity index is 2.33. The molecule has 1 heterocycles. The van der Waals surface area contributed by atoms with E-state index >= 15 is 0 Å². The number of nitrogens with zero attached hydrogens (tertiary/aromatic N) is 1. The first-order valence-electron chi connectivity index (χ1n) is 5.36. The van der Waals surface area contributed by atoms with Crippen molar-refractivity contribution in [2.75, 3.05) is 18.5 Å². The van der Waals surface area contributed by atoms with Crippen LogP contribution in [0.2, 0.25) is 0 Å². The average Bonchev–Trinajstić information content (AvgIpc) is 2.37. The number of anilines is 1. The van der Waals surface area contributed by atoms with Crippen LogP contribution in [0.1, 0.15) is 0 Å². The van der Waals surface area contributed by atoms with E-state index in [1.54, 1.807) is 29.0 Å². The predicted octanol–water partition coefficient (Wildman–Crippen LogP) is 1.04. The molecule has 87 valence electrons. The van der Waals surface area contributed by atoms with Gasteiger partial charge in [0, 0.05) is 30.6 Å². The maximum Gasteiger partial charge on any atom is 0.255 e. The van der Waals surface area contributed by atoms with Crippen LogP contribution in [0.15, 0.2) is 47.4 Å².